The summed E-state index contributed by atoms with van der Waals surface area (Å²) in [6, 6.07) is 5.71. The summed E-state index contributed by atoms with van der Waals surface area (Å²) in [6.45, 7) is 4.06. The molecule has 0 saturated heterocycles. The molecule has 20 heavy (non-hydrogen) atoms. The van der Waals surface area contributed by atoms with Crippen LogP contribution in [0.1, 0.15) is 22.4 Å². The lowest BCUT2D eigenvalue weighted by Gasteiger charge is -2.00. The molecule has 0 bridgehead atoms. The zero-order valence-electron chi connectivity index (χ0n) is 11.5. The van der Waals surface area contributed by atoms with Gasteiger partial charge in [-0.05, 0) is 26.0 Å². The van der Waals surface area contributed by atoms with Gasteiger partial charge in [0.2, 0.25) is 0 Å². The number of esters is 1. The first-order chi connectivity index (χ1) is 9.63. The monoisotopic (exact) mass is 290 g/mol. The quantitative estimate of drug-likeness (QED) is 0.680. The third-order valence-corrected chi connectivity index (χ3v) is 4.15. The molecule has 3 aromatic rings. The normalized spacial score (nSPS) is 11.2. The van der Waals surface area contributed by atoms with Crippen LogP contribution < -0.4 is 4.74 Å². The molecule has 0 aliphatic rings. The van der Waals surface area contributed by atoms with Crippen LogP contribution in [0.2, 0.25) is 0 Å². The summed E-state index contributed by atoms with van der Waals surface area (Å²) in [4.78, 5) is 12.4. The Morgan fingerprint density at radius 3 is 2.80 bits per heavy atom. The zero-order chi connectivity index (χ0) is 14.3. The van der Waals surface area contributed by atoms with E-state index in [1.165, 1.54) is 11.3 Å². The van der Waals surface area contributed by atoms with Gasteiger partial charge >= 0.3 is 5.97 Å². The van der Waals surface area contributed by atoms with E-state index in [-0.39, 0.29) is 5.97 Å². The largest absolute Gasteiger partial charge is 0.493 e. The molecule has 0 amide bonds. The molecular formula is C15H14O4S. The van der Waals surface area contributed by atoms with E-state index in [2.05, 4.69) is 0 Å². The summed E-state index contributed by atoms with van der Waals surface area (Å²) < 4.78 is 17.1. The number of carbonyl (C=O) groups is 1. The zero-order valence-corrected chi connectivity index (χ0v) is 12.3. The fraction of sp³-hybridized carbons (Fsp3) is 0.267. The van der Waals surface area contributed by atoms with E-state index in [0.717, 1.165) is 21.2 Å². The average Bonchev–Trinajstić information content (AvgIpc) is 3.00. The second kappa shape index (κ2) is 4.83. The van der Waals surface area contributed by atoms with Crippen molar-refractivity contribution in [1.82, 2.24) is 0 Å². The van der Waals surface area contributed by atoms with Crippen molar-refractivity contribution in [3.05, 3.63) is 28.8 Å². The summed E-state index contributed by atoms with van der Waals surface area (Å²) in [5.74, 6) is 1.20. The maximum Gasteiger partial charge on any atom is 0.348 e. The highest BCUT2D eigenvalue weighted by Gasteiger charge is 2.17. The lowest BCUT2D eigenvalue weighted by molar-refractivity contribution is 0.0532. The van der Waals surface area contributed by atoms with Gasteiger partial charge in [-0.2, -0.15) is 0 Å². The van der Waals surface area contributed by atoms with Crippen molar-refractivity contribution >= 4 is 38.4 Å². The Hall–Kier alpha value is -2.01. The van der Waals surface area contributed by atoms with Crippen LogP contribution in [0.3, 0.4) is 0 Å². The molecule has 0 radical (unpaired) electrons. The molecule has 104 valence electrons. The molecule has 5 heteroatoms. The van der Waals surface area contributed by atoms with E-state index in [1.54, 1.807) is 14.0 Å². The number of fused-ring (bicyclic) bond motifs is 3. The van der Waals surface area contributed by atoms with E-state index < -0.39 is 0 Å². The highest BCUT2D eigenvalue weighted by molar-refractivity contribution is 7.21. The first-order valence-corrected chi connectivity index (χ1v) is 7.13. The van der Waals surface area contributed by atoms with Crippen LogP contribution in [0.5, 0.6) is 5.75 Å². The maximum atomic E-state index is 11.8. The highest BCUT2D eigenvalue weighted by Crippen LogP contribution is 2.39. The molecule has 3 rings (SSSR count). The van der Waals surface area contributed by atoms with Crippen LogP contribution in [-0.4, -0.2) is 19.7 Å². The molecular weight excluding hydrogens is 276 g/mol. The van der Waals surface area contributed by atoms with Crippen molar-refractivity contribution in [3.8, 4) is 5.75 Å². The second-order valence-electron chi connectivity index (χ2n) is 4.42. The van der Waals surface area contributed by atoms with Gasteiger partial charge in [-0.3, -0.25) is 0 Å². The Kier molecular flexibility index (Phi) is 3.14. The molecule has 1 aromatic carbocycles. The van der Waals surface area contributed by atoms with Gasteiger partial charge in [-0.25, -0.2) is 4.79 Å². The molecule has 2 aromatic heterocycles. The summed E-state index contributed by atoms with van der Waals surface area (Å²) in [5.41, 5.74) is 0.714. The fourth-order valence-corrected chi connectivity index (χ4v) is 3.26. The van der Waals surface area contributed by atoms with Gasteiger partial charge in [0.05, 0.1) is 13.7 Å². The van der Waals surface area contributed by atoms with Gasteiger partial charge in [0.25, 0.3) is 0 Å². The standard InChI is InChI=1S/C15H14O4S/c1-4-18-15(16)13-6-9-10-5-8(2)19-14(10)11(17-3)7-12(9)20-13/h5-7H,4H2,1-3H3. The van der Waals surface area contributed by atoms with Gasteiger partial charge in [-0.1, -0.05) is 0 Å². The Morgan fingerprint density at radius 1 is 1.30 bits per heavy atom. The van der Waals surface area contributed by atoms with Crippen molar-refractivity contribution in [2.45, 2.75) is 13.8 Å². The van der Waals surface area contributed by atoms with Crippen molar-refractivity contribution in [2.24, 2.45) is 0 Å². The number of rotatable bonds is 3. The third kappa shape index (κ3) is 1.94. The summed E-state index contributed by atoms with van der Waals surface area (Å²) in [5, 5.41) is 1.95. The Bertz CT molecular complexity index is 797. The van der Waals surface area contributed by atoms with Crippen molar-refractivity contribution in [2.75, 3.05) is 13.7 Å². The molecule has 0 saturated carbocycles. The number of methoxy groups -OCH3 is 1. The number of benzene rings is 1. The van der Waals surface area contributed by atoms with E-state index in [1.807, 2.05) is 25.1 Å². The van der Waals surface area contributed by atoms with Gasteiger partial charge in [0, 0.05) is 21.5 Å². The first kappa shape index (κ1) is 13.0. The first-order valence-electron chi connectivity index (χ1n) is 6.31. The number of hydrogen-bond donors (Lipinski definition) is 0. The lowest BCUT2D eigenvalue weighted by Crippen LogP contribution is -2.01. The van der Waals surface area contributed by atoms with Crippen LogP contribution >= 0.6 is 11.3 Å². The van der Waals surface area contributed by atoms with Crippen molar-refractivity contribution < 1.29 is 18.7 Å². The van der Waals surface area contributed by atoms with E-state index in [0.29, 0.717) is 22.8 Å². The van der Waals surface area contributed by atoms with E-state index in [4.69, 9.17) is 13.9 Å². The van der Waals surface area contributed by atoms with Gasteiger partial charge in [-0.15, -0.1) is 11.3 Å². The van der Waals surface area contributed by atoms with Crippen LogP contribution in [0.4, 0.5) is 0 Å². The van der Waals surface area contributed by atoms with Crippen LogP contribution in [0.25, 0.3) is 21.1 Å². The van der Waals surface area contributed by atoms with E-state index >= 15 is 0 Å². The molecule has 0 aliphatic heterocycles. The maximum absolute atomic E-state index is 11.8. The molecule has 0 fully saturated rings. The molecule has 0 unspecified atom stereocenters. The number of ether oxygens (including phenoxy) is 2. The van der Waals surface area contributed by atoms with Crippen LogP contribution in [0, 0.1) is 6.92 Å². The minimum atomic E-state index is -0.291. The summed E-state index contributed by atoms with van der Waals surface area (Å²) >= 11 is 1.40. The van der Waals surface area contributed by atoms with Crippen LogP contribution in [-0.2, 0) is 4.74 Å². The minimum absolute atomic E-state index is 0.291. The van der Waals surface area contributed by atoms with Crippen LogP contribution in [0.15, 0.2) is 22.6 Å². The summed E-state index contributed by atoms with van der Waals surface area (Å²) in [6.07, 6.45) is 0. The number of carbonyl (C=O) groups excluding carboxylic acids is 1. The van der Waals surface area contributed by atoms with Gasteiger partial charge < -0.3 is 13.9 Å². The number of thiophene rings is 1. The molecule has 0 atom stereocenters. The minimum Gasteiger partial charge on any atom is -0.493 e. The number of hydrogen-bond acceptors (Lipinski definition) is 5. The Morgan fingerprint density at radius 2 is 2.10 bits per heavy atom. The van der Waals surface area contributed by atoms with Crippen molar-refractivity contribution in [3.63, 3.8) is 0 Å². The average molecular weight is 290 g/mol. The number of furan rings is 1. The third-order valence-electron chi connectivity index (χ3n) is 3.09. The topological polar surface area (TPSA) is 48.7 Å². The highest BCUT2D eigenvalue weighted by atomic mass is 32.1. The molecule has 0 aliphatic carbocycles. The molecule has 4 nitrogen and oxygen atoms in total. The Balaban J connectivity index is 2.27. The lowest BCUT2D eigenvalue weighted by atomic mass is 10.1. The van der Waals surface area contributed by atoms with Gasteiger partial charge in [0.1, 0.15) is 10.6 Å². The Labute approximate surface area is 119 Å². The molecule has 2 heterocycles. The second-order valence-corrected chi connectivity index (χ2v) is 5.51. The fourth-order valence-electron chi connectivity index (χ4n) is 2.26. The molecule has 0 spiro atoms. The SMILES string of the molecule is CCOC(=O)c1cc2c(cc(OC)c3oc(C)cc32)s1. The molecule has 0 N–H and O–H groups in total. The number of aryl methyl sites for hydroxylation is 1. The van der Waals surface area contributed by atoms with E-state index in [9.17, 15) is 4.79 Å². The van der Waals surface area contributed by atoms with Gasteiger partial charge in [0.15, 0.2) is 11.3 Å². The summed E-state index contributed by atoms with van der Waals surface area (Å²) in [7, 11) is 1.61. The smallest absolute Gasteiger partial charge is 0.348 e. The van der Waals surface area contributed by atoms with Crippen molar-refractivity contribution in [1.29, 1.82) is 0 Å². The predicted molar refractivity (Wildman–Crippen MR) is 78.8 cm³/mol. The predicted octanol–water partition coefficient (Wildman–Crippen LogP) is 4.14.